The van der Waals surface area contributed by atoms with Crippen LogP contribution >= 0.6 is 91.8 Å². The maximum absolute atomic E-state index is 13.7. The topological polar surface area (TPSA) is 366 Å². The number of Topliss-reactive ketones (excluding diaryl/α,β-unsaturated/α-hetero) is 7. The first-order chi connectivity index (χ1) is 70.6. The summed E-state index contributed by atoms with van der Waals surface area (Å²) in [7, 11) is 16.8. The zero-order valence-corrected chi connectivity index (χ0v) is 94.3. The maximum atomic E-state index is 13.7. The van der Waals surface area contributed by atoms with Crippen molar-refractivity contribution in [1.29, 1.82) is 0 Å². The minimum Gasteiger partial charge on any atom is -0.381 e. The van der Waals surface area contributed by atoms with Crippen molar-refractivity contribution in [2.45, 2.75) is 218 Å². The Bertz CT molecular complexity index is 5660. The number of aromatic nitrogens is 4. The Kier molecular flexibility index (Phi) is 52.3. The van der Waals surface area contributed by atoms with Crippen molar-refractivity contribution in [3.63, 3.8) is 0 Å². The van der Waals surface area contributed by atoms with Crippen molar-refractivity contribution in [3.05, 3.63) is 162 Å². The summed E-state index contributed by atoms with van der Waals surface area (Å²) in [6, 6.07) is 21.4. The summed E-state index contributed by atoms with van der Waals surface area (Å²) in [6.45, 7) is 28.2. The third kappa shape index (κ3) is 42.0. The fourth-order valence-electron chi connectivity index (χ4n) is 18.9. The van der Waals surface area contributed by atoms with E-state index in [1.807, 2.05) is 138 Å². The van der Waals surface area contributed by atoms with E-state index >= 15 is 0 Å². The lowest BCUT2D eigenvalue weighted by atomic mass is 9.86. The number of hydrogen-bond acceptors (Lipinski definition) is 28. The zero-order valence-electron chi connectivity index (χ0n) is 88.0. The van der Waals surface area contributed by atoms with E-state index in [1.165, 1.54) is 52.3 Å². The van der Waals surface area contributed by atoms with E-state index < -0.39 is 23.7 Å². The Morgan fingerprint density at radius 2 is 0.595 bits per heavy atom. The molecule has 4 aliphatic rings. The summed E-state index contributed by atoms with van der Waals surface area (Å²) in [5.74, 6) is -2.02. The molecule has 0 spiro atoms. The first-order valence-electron chi connectivity index (χ1n) is 51.5. The van der Waals surface area contributed by atoms with Gasteiger partial charge in [-0.3, -0.25) is 52.7 Å². The van der Waals surface area contributed by atoms with E-state index in [9.17, 15) is 57.5 Å². The molecule has 0 saturated carbocycles. The molecule has 4 saturated heterocycles. The second-order valence-corrected chi connectivity index (χ2v) is 46.5. The standard InChI is InChI=1S/C29H40ClN3O4S.C28H38ClN3O4S.C27H37ClN4O4S.C27H36ClN3O4S/c1-5-6-23(34)15-21(16-28-31-25-8-7-22(30)17-27(25)38-28)29(36)32-24(20-11-13-37-14-12-20)9-10-26(35)19(2)18-33(3)4;1-5-22(33)14-20(15-27-30-24-7-6-21(29)16-26(24)37-27)28(35)31-23(19-10-12-36-13-11-19)8-9-25(34)18(2)17-32(3)4;1-17(16-32(3)4)23(33)8-7-21(18-9-11-36-12-10-18)31-27(35)19(13-25(34)29-2)14-26-30-22-6-5-20(28)15-24(22)37-26;1-17(16-31(3)4)24(33)8-7-22(19-9-11-35-12-10-19)30-27(34)20(13-18(2)32)14-26-29-23-6-5-21(28)15-25(23)36-26/h7-8,17,20-21,24H,2,5-6,9-16,18H2,1,3-4H3,(H,32,36);6-7,16,19-20,23H,2,5,8-15,17H2,1,3-4H3,(H,31,35);5-6,15,18-19,21H,1,7-14,16H2,2-4H3,(H,29,34)(H,31,35);5-6,15,19-20,22H,1,7-14,16H2,2-4H3,(H,30,34)/t21-,24+;20-,23+;19-,21+;20-,22+/m0000/s1. The lowest BCUT2D eigenvalue weighted by Gasteiger charge is -2.32. The highest BCUT2D eigenvalue weighted by atomic mass is 35.5. The van der Waals surface area contributed by atoms with Crippen molar-refractivity contribution < 1.29 is 76.5 Å². The molecule has 0 unspecified atom stereocenters. The van der Waals surface area contributed by atoms with Gasteiger partial charge in [-0.15, -0.1) is 45.3 Å². The Hall–Kier alpha value is -8.72. The quantitative estimate of drug-likeness (QED) is 0.0221. The summed E-state index contributed by atoms with van der Waals surface area (Å²) >= 11 is 30.5. The molecule has 8 atom stereocenters. The molecular weight excluding hydrogens is 2040 g/mol. The van der Waals surface area contributed by atoms with Crippen LogP contribution in [0.3, 0.4) is 0 Å². The second kappa shape index (κ2) is 63.1. The number of carbonyl (C=O) groups excluding carboxylic acids is 12. The van der Waals surface area contributed by atoms with Crippen LogP contribution in [0.4, 0.5) is 0 Å². The summed E-state index contributed by atoms with van der Waals surface area (Å²) in [5.41, 5.74) is 5.61. The number of rotatable bonds is 55. The largest absolute Gasteiger partial charge is 0.381 e. The van der Waals surface area contributed by atoms with Crippen LogP contribution in [0.25, 0.3) is 40.9 Å². The van der Waals surface area contributed by atoms with Crippen LogP contribution in [0, 0.1) is 47.3 Å². The van der Waals surface area contributed by atoms with E-state index in [1.54, 1.807) is 31.3 Å². The molecule has 29 nitrogen and oxygen atoms in total. The number of ether oxygens (including phenoxy) is 4. The molecule has 4 aliphatic heterocycles. The van der Waals surface area contributed by atoms with Crippen LogP contribution < -0.4 is 26.6 Å². The minimum absolute atomic E-state index is 0.00931. The van der Waals surface area contributed by atoms with Crippen molar-refractivity contribution in [2.75, 3.05) is 142 Å². The molecule has 0 radical (unpaired) electrons. The maximum Gasteiger partial charge on any atom is 0.224 e. The van der Waals surface area contributed by atoms with Gasteiger partial charge < -0.3 is 69.9 Å². The normalized spacial score (nSPS) is 16.0. The van der Waals surface area contributed by atoms with Gasteiger partial charge in [0.15, 0.2) is 23.1 Å². The number of thiazole rings is 4. The van der Waals surface area contributed by atoms with Gasteiger partial charge in [-0.25, -0.2) is 19.9 Å². The molecule has 5 amide bonds. The van der Waals surface area contributed by atoms with Crippen LogP contribution in [0.5, 0.6) is 0 Å². The molecule has 0 bridgehead atoms. The second-order valence-electron chi connectivity index (χ2n) is 40.3. The fraction of sp³-hybridized carbons (Fsp3) is 0.568. The van der Waals surface area contributed by atoms with Gasteiger partial charge in [0.2, 0.25) is 29.5 Å². The number of halogens is 4. The smallest absolute Gasteiger partial charge is 0.224 e. The van der Waals surface area contributed by atoms with Crippen LogP contribution in [0.15, 0.2) is 121 Å². The van der Waals surface area contributed by atoms with Crippen molar-refractivity contribution >= 4 is 203 Å². The third-order valence-corrected chi connectivity index (χ3v) is 32.0. The van der Waals surface area contributed by atoms with Crippen molar-refractivity contribution in [3.8, 4) is 0 Å². The molecule has 8 heterocycles. The van der Waals surface area contributed by atoms with Gasteiger partial charge in [0.25, 0.3) is 0 Å². The number of carbonyl (C=O) groups is 12. The Balaban J connectivity index is 0.000000219. The third-order valence-electron chi connectivity index (χ3n) is 26.8. The van der Waals surface area contributed by atoms with Gasteiger partial charge in [-0.1, -0.05) is 86.6 Å². The highest BCUT2D eigenvalue weighted by molar-refractivity contribution is 7.19. The Morgan fingerprint density at radius 1 is 0.358 bits per heavy atom. The molecule has 5 N–H and O–H groups in total. The van der Waals surface area contributed by atoms with E-state index in [2.05, 4.69) is 67.9 Å². The van der Waals surface area contributed by atoms with E-state index in [4.69, 9.17) is 70.3 Å². The van der Waals surface area contributed by atoms with Gasteiger partial charge in [0.05, 0.1) is 84.6 Å². The van der Waals surface area contributed by atoms with Gasteiger partial charge in [-0.2, -0.15) is 0 Å². The Labute approximate surface area is 908 Å². The van der Waals surface area contributed by atoms with Crippen LogP contribution in [-0.4, -0.2) is 276 Å². The van der Waals surface area contributed by atoms with Crippen LogP contribution in [-0.2, 0) is 102 Å². The number of nitrogens with zero attached hydrogens (tertiary/aromatic N) is 8. The Morgan fingerprint density at radius 3 is 0.818 bits per heavy atom. The van der Waals surface area contributed by atoms with Crippen LogP contribution in [0.2, 0.25) is 20.1 Å². The lowest BCUT2D eigenvalue weighted by molar-refractivity contribution is -0.131. The molecular formula is C111H151Cl4N13O16S4. The first-order valence-corrected chi connectivity index (χ1v) is 56.3. The van der Waals surface area contributed by atoms with Gasteiger partial charge in [0.1, 0.15) is 17.3 Å². The number of fused-ring (bicyclic) bond motifs is 4. The molecule has 8 aromatic rings. The minimum atomic E-state index is -0.585. The number of amides is 5. The monoisotopic (exact) mass is 2190 g/mol. The number of benzene rings is 4. The van der Waals surface area contributed by atoms with Crippen LogP contribution in [0.1, 0.15) is 188 Å². The molecule has 4 aromatic carbocycles. The fourth-order valence-corrected chi connectivity index (χ4v) is 24.2. The van der Waals surface area contributed by atoms with E-state index in [0.717, 1.165) is 119 Å². The molecule has 4 fully saturated rings. The highest BCUT2D eigenvalue weighted by Crippen LogP contribution is 2.36. The van der Waals surface area contributed by atoms with Gasteiger partial charge in [-0.05, 0) is 243 Å². The predicted octanol–water partition coefficient (Wildman–Crippen LogP) is 18.2. The lowest BCUT2D eigenvalue weighted by Crippen LogP contribution is -2.46. The number of ketones is 7. The summed E-state index contributed by atoms with van der Waals surface area (Å²) in [5, 5.41) is 21.3. The van der Waals surface area contributed by atoms with Crippen molar-refractivity contribution in [1.82, 2.24) is 66.1 Å². The van der Waals surface area contributed by atoms with Gasteiger partial charge in [0, 0.05) is 243 Å². The van der Waals surface area contributed by atoms with Crippen molar-refractivity contribution in [2.24, 2.45) is 47.3 Å². The molecule has 0 aliphatic carbocycles. The molecule has 808 valence electrons. The average Bonchev–Trinajstić information content (AvgIpc) is 1.69. The summed E-state index contributed by atoms with van der Waals surface area (Å²) < 4.78 is 25.9. The van der Waals surface area contributed by atoms with E-state index in [-0.39, 0.29) is 144 Å². The molecule has 37 heteroatoms. The number of hydrogen-bond donors (Lipinski definition) is 5. The SMILES string of the molecule is C=C(CN(C)C)C(=O)CC[C@@H](NC(=O)[C@@H](CC(=O)CC)Cc1nc2ccc(Cl)cc2s1)C1CCOCC1.C=C(CN(C)C)C(=O)CC[C@@H](NC(=O)[C@@H](CC(=O)CCC)Cc1nc2ccc(Cl)cc2s1)C1CCOCC1.C=C(CN(C)C)C(=O)CC[C@@H](NC(=O)[C@@H](CC(=O)NC)Cc1nc2ccc(Cl)cc2s1)C1CCOCC1.C=C(CN(C)C)C(=O)CC[C@@H](NC(=O)[C@@H](CC(C)=O)Cc1nc2ccc(Cl)cc2s1)C1CCOCC1. The summed E-state index contributed by atoms with van der Waals surface area (Å²) in [4.78, 5) is 181. The number of nitrogens with one attached hydrogen (secondary N) is 5. The average molecular weight is 2190 g/mol. The van der Waals surface area contributed by atoms with E-state index in [0.29, 0.717) is 211 Å². The number of likely N-dealkylation sites (N-methyl/N-ethyl adjacent to an activating group) is 4. The van der Waals surface area contributed by atoms with Gasteiger partial charge >= 0.3 is 0 Å². The molecule has 12 rings (SSSR count). The first kappa shape index (κ1) is 123. The highest BCUT2D eigenvalue weighted by Gasteiger charge is 2.37. The molecule has 148 heavy (non-hydrogen) atoms. The molecule has 4 aromatic heterocycles. The zero-order chi connectivity index (χ0) is 108. The summed E-state index contributed by atoms with van der Waals surface area (Å²) in [6.07, 6.45) is 13.6. The predicted molar refractivity (Wildman–Crippen MR) is 595 cm³/mol.